The van der Waals surface area contributed by atoms with E-state index in [0.717, 1.165) is 0 Å². The lowest BCUT2D eigenvalue weighted by molar-refractivity contribution is -0.322. The van der Waals surface area contributed by atoms with Crippen LogP contribution in [-0.2, 0) is 9.47 Å². The molecular weight excluding hydrogens is 272 g/mol. The number of allylic oxidation sites excluding steroid dienone is 1. The summed E-state index contributed by atoms with van der Waals surface area (Å²) in [5.74, 6) is -0.350. The molecule has 1 rings (SSSR count). The molecule has 0 saturated carbocycles. The average molecular weight is 302 g/mol. The van der Waals surface area contributed by atoms with Crippen LogP contribution in [0.2, 0.25) is 0 Å². The highest BCUT2D eigenvalue weighted by Gasteiger charge is 2.47. The lowest BCUT2D eigenvalue weighted by Gasteiger charge is -2.47. The molecule has 5 heteroatoms. The van der Waals surface area contributed by atoms with E-state index in [1.165, 1.54) is 0 Å². The maximum absolute atomic E-state index is 10.2. The second-order valence-corrected chi connectivity index (χ2v) is 6.92. The van der Waals surface area contributed by atoms with Crippen molar-refractivity contribution in [2.45, 2.75) is 71.7 Å². The topological polar surface area (TPSA) is 79.2 Å². The molecule has 21 heavy (non-hydrogen) atoms. The monoisotopic (exact) mass is 302 g/mol. The maximum Gasteiger partial charge on any atom is 0.187 e. The first-order valence-electron chi connectivity index (χ1n) is 7.51. The molecule has 3 N–H and O–H groups in total. The summed E-state index contributed by atoms with van der Waals surface area (Å²) in [5, 5.41) is 29.6. The maximum atomic E-state index is 10.2. The molecular formula is C16H30O5. The van der Waals surface area contributed by atoms with Gasteiger partial charge in [-0.05, 0) is 20.8 Å². The van der Waals surface area contributed by atoms with Crippen molar-refractivity contribution in [3.05, 3.63) is 12.2 Å². The summed E-state index contributed by atoms with van der Waals surface area (Å²) in [7, 11) is 0. The van der Waals surface area contributed by atoms with Crippen LogP contribution in [-0.4, -0.2) is 52.1 Å². The van der Waals surface area contributed by atoms with Gasteiger partial charge in [0.2, 0.25) is 0 Å². The number of aliphatic hydroxyl groups excluding tert-OH is 3. The van der Waals surface area contributed by atoms with Gasteiger partial charge >= 0.3 is 0 Å². The fraction of sp³-hybridized carbons (Fsp3) is 0.875. The molecule has 1 heterocycles. The van der Waals surface area contributed by atoms with Crippen molar-refractivity contribution < 1.29 is 24.8 Å². The Bertz CT molecular complexity index is 362. The minimum Gasteiger partial charge on any atom is -0.394 e. The van der Waals surface area contributed by atoms with E-state index in [0.29, 0.717) is 0 Å². The van der Waals surface area contributed by atoms with Crippen LogP contribution in [0.4, 0.5) is 0 Å². The predicted octanol–water partition coefficient (Wildman–Crippen LogP) is 1.46. The van der Waals surface area contributed by atoms with Crippen LogP contribution in [0.1, 0.15) is 41.5 Å². The molecule has 0 aliphatic carbocycles. The Morgan fingerprint density at radius 2 is 1.71 bits per heavy atom. The quantitative estimate of drug-likeness (QED) is 0.670. The molecule has 0 amide bonds. The fourth-order valence-corrected chi connectivity index (χ4v) is 2.44. The van der Waals surface area contributed by atoms with Gasteiger partial charge in [-0.3, -0.25) is 0 Å². The summed E-state index contributed by atoms with van der Waals surface area (Å²) in [6.45, 7) is 11.4. The third-order valence-corrected chi connectivity index (χ3v) is 4.79. The highest BCUT2D eigenvalue weighted by molar-refractivity contribution is 5.03. The zero-order valence-electron chi connectivity index (χ0n) is 13.9. The summed E-state index contributed by atoms with van der Waals surface area (Å²) in [5.41, 5.74) is -0.904. The van der Waals surface area contributed by atoms with E-state index in [1.807, 2.05) is 46.8 Å². The second-order valence-electron chi connectivity index (χ2n) is 6.92. The number of aliphatic hydroxyl groups is 3. The van der Waals surface area contributed by atoms with Crippen molar-refractivity contribution in [2.24, 2.45) is 11.3 Å². The first-order valence-corrected chi connectivity index (χ1v) is 7.51. The molecule has 5 nitrogen and oxygen atoms in total. The van der Waals surface area contributed by atoms with Crippen molar-refractivity contribution in [3.63, 3.8) is 0 Å². The van der Waals surface area contributed by atoms with Crippen molar-refractivity contribution in [3.8, 4) is 0 Å². The fourth-order valence-electron chi connectivity index (χ4n) is 2.44. The molecule has 1 saturated heterocycles. The van der Waals surface area contributed by atoms with E-state index in [-0.39, 0.29) is 17.9 Å². The normalized spacial score (nSPS) is 35.4. The summed E-state index contributed by atoms with van der Waals surface area (Å²) in [6.07, 6.45) is 0.355. The number of hydrogen-bond acceptors (Lipinski definition) is 5. The van der Waals surface area contributed by atoms with Crippen LogP contribution in [0.5, 0.6) is 0 Å². The number of hydrogen-bond donors (Lipinski definition) is 3. The Hall–Kier alpha value is -0.460. The Morgan fingerprint density at radius 3 is 2.19 bits per heavy atom. The molecule has 124 valence electrons. The molecule has 5 atom stereocenters. The van der Waals surface area contributed by atoms with E-state index >= 15 is 0 Å². The Morgan fingerprint density at radius 1 is 1.14 bits per heavy atom. The standard InChI is InChI=1S/C16H30O5/c1-7-8-15(3,4)16(5,6)21-14-13(19)12(18)10(2)11(9-17)20-14/h7-8,10-14,17-19H,9H2,1-6H3/b8-7+. The minimum absolute atomic E-state index is 0.219. The highest BCUT2D eigenvalue weighted by Crippen LogP contribution is 2.38. The average Bonchev–Trinajstić information content (AvgIpc) is 2.39. The van der Waals surface area contributed by atoms with Gasteiger partial charge in [-0.1, -0.05) is 32.9 Å². The SMILES string of the molecule is C/C=C/C(C)(C)C(C)(C)OC1OC(CO)C(C)C(O)C1O. The molecule has 0 spiro atoms. The summed E-state index contributed by atoms with van der Waals surface area (Å²) in [4.78, 5) is 0. The molecule has 5 unspecified atom stereocenters. The lowest BCUT2D eigenvalue weighted by atomic mass is 9.76. The van der Waals surface area contributed by atoms with Crippen LogP contribution in [0, 0.1) is 11.3 Å². The summed E-state index contributed by atoms with van der Waals surface area (Å²) >= 11 is 0. The number of ether oxygens (including phenoxy) is 2. The molecule has 1 aliphatic heterocycles. The van der Waals surface area contributed by atoms with Gasteiger partial charge < -0.3 is 24.8 Å². The lowest BCUT2D eigenvalue weighted by Crippen LogP contribution is -2.58. The largest absolute Gasteiger partial charge is 0.394 e. The summed E-state index contributed by atoms with van der Waals surface area (Å²) in [6, 6.07) is 0. The van der Waals surface area contributed by atoms with E-state index < -0.39 is 30.2 Å². The second kappa shape index (κ2) is 6.75. The van der Waals surface area contributed by atoms with E-state index in [2.05, 4.69) is 0 Å². The van der Waals surface area contributed by atoms with Crippen LogP contribution < -0.4 is 0 Å². The van der Waals surface area contributed by atoms with Gasteiger partial charge in [0.1, 0.15) is 6.10 Å². The van der Waals surface area contributed by atoms with E-state index in [9.17, 15) is 15.3 Å². The molecule has 0 radical (unpaired) electrons. The van der Waals surface area contributed by atoms with Gasteiger partial charge in [0.25, 0.3) is 0 Å². The predicted molar refractivity (Wildman–Crippen MR) is 80.7 cm³/mol. The number of rotatable bonds is 5. The van der Waals surface area contributed by atoms with Gasteiger partial charge in [-0.2, -0.15) is 0 Å². The Kier molecular flexibility index (Phi) is 5.98. The third kappa shape index (κ3) is 3.85. The van der Waals surface area contributed by atoms with Crippen LogP contribution in [0.25, 0.3) is 0 Å². The van der Waals surface area contributed by atoms with E-state index in [4.69, 9.17) is 9.47 Å². The summed E-state index contributed by atoms with van der Waals surface area (Å²) < 4.78 is 11.6. The van der Waals surface area contributed by atoms with Gasteiger partial charge in [0.05, 0.1) is 24.4 Å². The molecule has 1 aliphatic rings. The van der Waals surface area contributed by atoms with Crippen molar-refractivity contribution in [1.29, 1.82) is 0 Å². The third-order valence-electron chi connectivity index (χ3n) is 4.79. The Balaban J connectivity index is 2.90. The first-order chi connectivity index (χ1) is 9.57. The van der Waals surface area contributed by atoms with Crippen LogP contribution >= 0.6 is 0 Å². The minimum atomic E-state index is -1.14. The van der Waals surface area contributed by atoms with E-state index in [1.54, 1.807) is 6.92 Å². The zero-order valence-corrected chi connectivity index (χ0v) is 13.9. The molecule has 0 aromatic carbocycles. The molecule has 0 aromatic heterocycles. The first kappa shape index (κ1) is 18.6. The van der Waals surface area contributed by atoms with Gasteiger partial charge in [-0.15, -0.1) is 0 Å². The van der Waals surface area contributed by atoms with Gasteiger partial charge in [-0.25, -0.2) is 0 Å². The van der Waals surface area contributed by atoms with Crippen molar-refractivity contribution in [1.82, 2.24) is 0 Å². The zero-order chi connectivity index (χ0) is 16.4. The smallest absolute Gasteiger partial charge is 0.187 e. The molecule has 0 aromatic rings. The Labute approximate surface area is 127 Å². The van der Waals surface area contributed by atoms with Gasteiger partial charge in [0.15, 0.2) is 6.29 Å². The van der Waals surface area contributed by atoms with Crippen LogP contribution in [0.15, 0.2) is 12.2 Å². The molecule has 0 bridgehead atoms. The molecule has 1 fully saturated rings. The van der Waals surface area contributed by atoms with Crippen molar-refractivity contribution >= 4 is 0 Å². The van der Waals surface area contributed by atoms with Crippen LogP contribution in [0.3, 0.4) is 0 Å². The van der Waals surface area contributed by atoms with Crippen molar-refractivity contribution in [2.75, 3.05) is 6.61 Å². The van der Waals surface area contributed by atoms with Gasteiger partial charge in [0, 0.05) is 11.3 Å². The highest BCUT2D eigenvalue weighted by atomic mass is 16.7.